The first-order valence-electron chi connectivity index (χ1n) is 6.18. The lowest BCUT2D eigenvalue weighted by molar-refractivity contribution is 0.384. The summed E-state index contributed by atoms with van der Waals surface area (Å²) in [7, 11) is 0. The fraction of sp³-hybridized carbons (Fsp3) is 0.250. The Balaban J connectivity index is 5.73. The number of nitriles is 2. The van der Waals surface area contributed by atoms with Crippen LogP contribution in [0, 0.1) is 22.7 Å². The van der Waals surface area contributed by atoms with Gasteiger partial charge in [0.15, 0.2) is 11.4 Å². The van der Waals surface area contributed by atoms with Crippen molar-refractivity contribution in [1.82, 2.24) is 9.80 Å². The van der Waals surface area contributed by atoms with Crippen LogP contribution in [0.15, 0.2) is 62.0 Å². The minimum absolute atomic E-state index is 0.302. The standard InChI is InChI=1S/C16H20N4/c1-5-9-19(10-6-2)15(13-17)16(14-18)20(11-7-3)12-8-4/h5-8H,1-4,9-12H2/b16-15-. The number of hydrogen-bond acceptors (Lipinski definition) is 4. The summed E-state index contributed by atoms with van der Waals surface area (Å²) in [4.78, 5) is 3.50. The van der Waals surface area contributed by atoms with E-state index in [0.29, 0.717) is 37.6 Å². The Morgan fingerprint density at radius 2 is 0.950 bits per heavy atom. The van der Waals surface area contributed by atoms with Crippen LogP contribution in [0.5, 0.6) is 0 Å². The molecular weight excluding hydrogens is 248 g/mol. The molecule has 0 atom stereocenters. The minimum Gasteiger partial charge on any atom is -0.353 e. The van der Waals surface area contributed by atoms with Crippen LogP contribution in [0.2, 0.25) is 0 Å². The van der Waals surface area contributed by atoms with Gasteiger partial charge < -0.3 is 9.80 Å². The topological polar surface area (TPSA) is 54.1 Å². The van der Waals surface area contributed by atoms with Crippen LogP contribution in [0.3, 0.4) is 0 Å². The van der Waals surface area contributed by atoms with Crippen LogP contribution in [-0.2, 0) is 0 Å². The van der Waals surface area contributed by atoms with Crippen molar-refractivity contribution in [2.24, 2.45) is 0 Å². The molecule has 0 aromatic heterocycles. The van der Waals surface area contributed by atoms with E-state index in [1.54, 1.807) is 34.1 Å². The van der Waals surface area contributed by atoms with E-state index >= 15 is 0 Å². The maximum absolute atomic E-state index is 9.39. The Kier molecular flexibility index (Phi) is 8.83. The SMILES string of the molecule is C=CCN(CC=C)/C(C#N)=C(/C#N)N(CC=C)CC=C. The van der Waals surface area contributed by atoms with Gasteiger partial charge in [-0.15, -0.1) is 26.3 Å². The van der Waals surface area contributed by atoms with Crippen LogP contribution in [-0.4, -0.2) is 36.0 Å². The Morgan fingerprint density at radius 3 is 1.10 bits per heavy atom. The van der Waals surface area contributed by atoms with Crippen molar-refractivity contribution in [3.05, 3.63) is 62.0 Å². The number of nitrogens with zero attached hydrogens (tertiary/aromatic N) is 4. The lowest BCUT2D eigenvalue weighted by Gasteiger charge is -2.26. The van der Waals surface area contributed by atoms with Crippen LogP contribution in [0.4, 0.5) is 0 Å². The highest BCUT2D eigenvalue weighted by molar-refractivity contribution is 5.36. The molecule has 0 radical (unpaired) electrons. The maximum Gasteiger partial charge on any atom is 0.151 e. The molecule has 0 unspecified atom stereocenters. The average Bonchev–Trinajstić information content (AvgIpc) is 2.44. The summed E-state index contributed by atoms with van der Waals surface area (Å²) in [6.45, 7) is 16.5. The van der Waals surface area contributed by atoms with Gasteiger partial charge in [0, 0.05) is 26.2 Å². The molecule has 0 rings (SSSR count). The molecule has 0 fully saturated rings. The largest absolute Gasteiger partial charge is 0.353 e. The average molecular weight is 268 g/mol. The van der Waals surface area contributed by atoms with Gasteiger partial charge in [-0.25, -0.2) is 0 Å². The predicted molar refractivity (Wildman–Crippen MR) is 82.2 cm³/mol. The van der Waals surface area contributed by atoms with Gasteiger partial charge in [-0.05, 0) is 0 Å². The van der Waals surface area contributed by atoms with Gasteiger partial charge in [-0.2, -0.15) is 10.5 Å². The molecule has 0 aliphatic heterocycles. The van der Waals surface area contributed by atoms with E-state index in [2.05, 4.69) is 38.5 Å². The van der Waals surface area contributed by atoms with Gasteiger partial charge in [0.2, 0.25) is 0 Å². The molecule has 0 aromatic rings. The molecule has 4 nitrogen and oxygen atoms in total. The Labute approximate surface area is 121 Å². The van der Waals surface area contributed by atoms with Crippen molar-refractivity contribution in [1.29, 1.82) is 10.5 Å². The molecule has 0 saturated heterocycles. The first kappa shape index (κ1) is 17.3. The third kappa shape index (κ3) is 4.88. The molecule has 4 heteroatoms. The Bertz CT molecular complexity index is 410. The van der Waals surface area contributed by atoms with Crippen molar-refractivity contribution in [3.8, 4) is 12.1 Å². The van der Waals surface area contributed by atoms with Crippen molar-refractivity contribution in [2.45, 2.75) is 0 Å². The normalized spacial score (nSPS) is 10.3. The van der Waals surface area contributed by atoms with Crippen LogP contribution >= 0.6 is 0 Å². The van der Waals surface area contributed by atoms with Crippen molar-refractivity contribution < 1.29 is 0 Å². The minimum atomic E-state index is 0.302. The summed E-state index contributed by atoms with van der Waals surface area (Å²) in [5.41, 5.74) is 0.604. The Morgan fingerprint density at radius 1 is 0.700 bits per heavy atom. The van der Waals surface area contributed by atoms with E-state index in [-0.39, 0.29) is 0 Å². The van der Waals surface area contributed by atoms with E-state index in [1.165, 1.54) is 0 Å². The molecule has 0 aliphatic carbocycles. The maximum atomic E-state index is 9.39. The van der Waals surface area contributed by atoms with Crippen molar-refractivity contribution >= 4 is 0 Å². The zero-order chi connectivity index (χ0) is 15.4. The molecular formula is C16H20N4. The number of hydrogen-bond donors (Lipinski definition) is 0. The Hall–Kier alpha value is -2.72. The first-order valence-corrected chi connectivity index (χ1v) is 6.18. The summed E-state index contributed by atoms with van der Waals surface area (Å²) >= 11 is 0. The van der Waals surface area contributed by atoms with Crippen LogP contribution in [0.25, 0.3) is 0 Å². The van der Waals surface area contributed by atoms with E-state index in [9.17, 15) is 10.5 Å². The second-order valence-corrected chi connectivity index (χ2v) is 3.89. The van der Waals surface area contributed by atoms with Gasteiger partial charge in [-0.1, -0.05) is 24.3 Å². The predicted octanol–water partition coefficient (Wildman–Crippen LogP) is 2.59. The summed E-state index contributed by atoms with van der Waals surface area (Å²) in [5, 5.41) is 18.8. The van der Waals surface area contributed by atoms with E-state index in [0.717, 1.165) is 0 Å². The van der Waals surface area contributed by atoms with Crippen LogP contribution in [0.1, 0.15) is 0 Å². The molecule has 0 heterocycles. The summed E-state index contributed by atoms with van der Waals surface area (Å²) in [5.74, 6) is 0. The molecule has 0 aromatic carbocycles. The van der Waals surface area contributed by atoms with E-state index < -0.39 is 0 Å². The number of rotatable bonds is 10. The smallest absolute Gasteiger partial charge is 0.151 e. The molecule has 0 spiro atoms. The lowest BCUT2D eigenvalue weighted by Crippen LogP contribution is -2.30. The van der Waals surface area contributed by atoms with Gasteiger partial charge >= 0.3 is 0 Å². The van der Waals surface area contributed by atoms with Crippen LogP contribution < -0.4 is 0 Å². The molecule has 104 valence electrons. The summed E-state index contributed by atoms with van der Waals surface area (Å²) in [6, 6.07) is 4.19. The quantitative estimate of drug-likeness (QED) is 0.451. The van der Waals surface area contributed by atoms with Gasteiger partial charge in [0.1, 0.15) is 12.1 Å². The summed E-state index contributed by atoms with van der Waals surface area (Å²) in [6.07, 6.45) is 6.73. The third-order valence-electron chi connectivity index (χ3n) is 2.47. The molecule has 0 N–H and O–H groups in total. The second kappa shape index (κ2) is 10.2. The highest BCUT2D eigenvalue weighted by atomic mass is 15.2. The second-order valence-electron chi connectivity index (χ2n) is 3.89. The fourth-order valence-electron chi connectivity index (χ4n) is 1.68. The molecule has 0 bridgehead atoms. The van der Waals surface area contributed by atoms with Gasteiger partial charge in [-0.3, -0.25) is 0 Å². The van der Waals surface area contributed by atoms with Crippen molar-refractivity contribution in [3.63, 3.8) is 0 Å². The lowest BCUT2D eigenvalue weighted by atomic mass is 10.2. The molecule has 0 saturated carbocycles. The zero-order valence-electron chi connectivity index (χ0n) is 11.8. The summed E-state index contributed by atoms with van der Waals surface area (Å²) < 4.78 is 0. The highest BCUT2D eigenvalue weighted by Gasteiger charge is 2.17. The molecule has 0 amide bonds. The monoisotopic (exact) mass is 268 g/mol. The zero-order valence-corrected chi connectivity index (χ0v) is 11.8. The van der Waals surface area contributed by atoms with Gasteiger partial charge in [0.25, 0.3) is 0 Å². The van der Waals surface area contributed by atoms with E-state index in [4.69, 9.17) is 0 Å². The molecule has 20 heavy (non-hydrogen) atoms. The van der Waals surface area contributed by atoms with E-state index in [1.807, 2.05) is 0 Å². The fourth-order valence-corrected chi connectivity index (χ4v) is 1.68. The van der Waals surface area contributed by atoms with Gasteiger partial charge in [0.05, 0.1) is 0 Å². The highest BCUT2D eigenvalue weighted by Crippen LogP contribution is 2.14. The van der Waals surface area contributed by atoms with Crippen molar-refractivity contribution in [2.75, 3.05) is 26.2 Å². The first-order chi connectivity index (χ1) is 9.69. The third-order valence-corrected chi connectivity index (χ3v) is 2.47. The molecule has 0 aliphatic rings. The number of allylic oxidation sites excluding steroid dienone is 2.